The Kier molecular flexibility index (Phi) is 5.79. The summed E-state index contributed by atoms with van der Waals surface area (Å²) in [6, 6.07) is 0. The van der Waals surface area contributed by atoms with Gasteiger partial charge in [-0.1, -0.05) is 19.6 Å². The monoisotopic (exact) mass is 205 g/mol. The second-order valence-electron chi connectivity index (χ2n) is 4.56. The topological polar surface area (TPSA) is 21.7 Å². The Morgan fingerprint density at radius 3 is 2.08 bits per heavy atom. The number of rotatable bonds is 6. The minimum Gasteiger partial charge on any atom is -0.369 e. The van der Waals surface area contributed by atoms with Gasteiger partial charge in [-0.2, -0.15) is 0 Å². The van der Waals surface area contributed by atoms with Crippen molar-refractivity contribution in [3.63, 3.8) is 0 Å². The van der Waals surface area contributed by atoms with Gasteiger partial charge >= 0.3 is 0 Å². The Balaban J connectivity index is 4.09. The third-order valence-corrected chi connectivity index (χ3v) is 3.18. The van der Waals surface area contributed by atoms with Crippen LogP contribution < -0.4 is 0 Å². The van der Waals surface area contributed by atoms with Crippen molar-refractivity contribution in [1.29, 1.82) is 0 Å². The molecule has 0 radical (unpaired) electrons. The van der Waals surface area contributed by atoms with Crippen LogP contribution in [0, 0.1) is 0 Å². The Hall–Kier alpha value is 0.0969. The molecule has 0 aromatic rings. The fourth-order valence-corrected chi connectivity index (χ4v) is 2.77. The van der Waals surface area contributed by atoms with E-state index in [4.69, 9.17) is 9.47 Å². The number of methoxy groups -OCH3 is 2. The zero-order valence-corrected chi connectivity index (χ0v) is 10.8. The minimum absolute atomic E-state index is 0.145. The standard InChI is InChI=1S/C9H23NO2Si/c1-9(12-3)10(7-11-2)8-13(4,5)6/h9H,7-8H2,1-6H3. The van der Waals surface area contributed by atoms with Gasteiger partial charge in [0.05, 0.1) is 8.07 Å². The summed E-state index contributed by atoms with van der Waals surface area (Å²) in [5.74, 6) is 0. The maximum atomic E-state index is 5.28. The van der Waals surface area contributed by atoms with E-state index in [1.807, 2.05) is 0 Å². The molecule has 3 nitrogen and oxygen atoms in total. The van der Waals surface area contributed by atoms with Crippen LogP contribution in [0.3, 0.4) is 0 Å². The van der Waals surface area contributed by atoms with E-state index in [0.29, 0.717) is 6.73 Å². The molecule has 80 valence electrons. The fraction of sp³-hybridized carbons (Fsp3) is 1.00. The van der Waals surface area contributed by atoms with Crippen molar-refractivity contribution < 1.29 is 9.47 Å². The van der Waals surface area contributed by atoms with Crippen LogP contribution in [0.5, 0.6) is 0 Å². The van der Waals surface area contributed by atoms with E-state index < -0.39 is 8.07 Å². The summed E-state index contributed by atoms with van der Waals surface area (Å²) in [5, 5.41) is 0. The predicted molar refractivity (Wildman–Crippen MR) is 58.4 cm³/mol. The molecule has 0 aliphatic heterocycles. The molecule has 0 N–H and O–H groups in total. The molecular weight excluding hydrogens is 182 g/mol. The lowest BCUT2D eigenvalue weighted by atomic mass is 10.6. The van der Waals surface area contributed by atoms with Crippen molar-refractivity contribution >= 4 is 8.07 Å². The van der Waals surface area contributed by atoms with Crippen molar-refractivity contribution in [3.05, 3.63) is 0 Å². The lowest BCUT2D eigenvalue weighted by Crippen LogP contribution is -2.46. The lowest BCUT2D eigenvalue weighted by Gasteiger charge is -2.31. The van der Waals surface area contributed by atoms with Crippen molar-refractivity contribution in [2.75, 3.05) is 27.1 Å². The molecule has 0 rings (SSSR count). The Bertz CT molecular complexity index is 136. The second kappa shape index (κ2) is 5.75. The Morgan fingerprint density at radius 2 is 1.77 bits per heavy atom. The Labute approximate surface area is 83.0 Å². The molecule has 0 amide bonds. The first-order chi connectivity index (χ1) is 5.90. The Morgan fingerprint density at radius 1 is 1.23 bits per heavy atom. The number of hydrogen-bond acceptors (Lipinski definition) is 3. The van der Waals surface area contributed by atoms with E-state index in [-0.39, 0.29) is 6.23 Å². The predicted octanol–water partition coefficient (Wildman–Crippen LogP) is 1.76. The molecule has 0 bridgehead atoms. The smallest absolute Gasteiger partial charge is 0.108 e. The fourth-order valence-electron chi connectivity index (χ4n) is 1.20. The maximum absolute atomic E-state index is 5.28. The second-order valence-corrected chi connectivity index (χ2v) is 10.00. The van der Waals surface area contributed by atoms with Gasteiger partial charge in [0.1, 0.15) is 13.0 Å². The molecule has 0 saturated heterocycles. The van der Waals surface area contributed by atoms with E-state index in [1.165, 1.54) is 0 Å². The highest BCUT2D eigenvalue weighted by atomic mass is 28.3. The largest absolute Gasteiger partial charge is 0.369 e. The van der Waals surface area contributed by atoms with E-state index in [2.05, 4.69) is 31.5 Å². The summed E-state index contributed by atoms with van der Waals surface area (Å²) in [5.41, 5.74) is 0. The highest BCUT2D eigenvalue weighted by Crippen LogP contribution is 2.08. The van der Waals surface area contributed by atoms with Gasteiger partial charge in [-0.3, -0.25) is 4.90 Å². The number of ether oxygens (including phenoxy) is 2. The van der Waals surface area contributed by atoms with Gasteiger partial charge in [-0.25, -0.2) is 0 Å². The summed E-state index contributed by atoms with van der Waals surface area (Å²) in [6.45, 7) is 9.74. The normalized spacial score (nSPS) is 15.0. The van der Waals surface area contributed by atoms with E-state index >= 15 is 0 Å². The molecule has 0 spiro atoms. The van der Waals surface area contributed by atoms with Gasteiger partial charge in [0.25, 0.3) is 0 Å². The van der Waals surface area contributed by atoms with E-state index in [0.717, 1.165) is 6.17 Å². The average Bonchev–Trinajstić information content (AvgIpc) is 2.00. The molecule has 1 unspecified atom stereocenters. The minimum atomic E-state index is -1.07. The molecule has 0 aromatic carbocycles. The molecule has 0 aliphatic carbocycles. The van der Waals surface area contributed by atoms with Crippen LogP contribution in [-0.4, -0.2) is 46.3 Å². The van der Waals surface area contributed by atoms with E-state index in [1.54, 1.807) is 14.2 Å². The van der Waals surface area contributed by atoms with Crippen molar-refractivity contribution in [2.45, 2.75) is 32.8 Å². The van der Waals surface area contributed by atoms with Crippen LogP contribution in [0.25, 0.3) is 0 Å². The van der Waals surface area contributed by atoms with Gasteiger partial charge < -0.3 is 9.47 Å². The lowest BCUT2D eigenvalue weighted by molar-refractivity contribution is -0.0620. The quantitative estimate of drug-likeness (QED) is 0.487. The van der Waals surface area contributed by atoms with Gasteiger partial charge in [-0.15, -0.1) is 0 Å². The van der Waals surface area contributed by atoms with Crippen molar-refractivity contribution in [1.82, 2.24) is 4.90 Å². The van der Waals surface area contributed by atoms with E-state index in [9.17, 15) is 0 Å². The summed E-state index contributed by atoms with van der Waals surface area (Å²) < 4.78 is 10.4. The van der Waals surface area contributed by atoms with Crippen LogP contribution in [0.15, 0.2) is 0 Å². The first-order valence-electron chi connectivity index (χ1n) is 4.66. The SMILES string of the molecule is COCN(C[Si](C)(C)C)C(C)OC. The molecule has 0 fully saturated rings. The number of hydrogen-bond donors (Lipinski definition) is 0. The van der Waals surface area contributed by atoms with Gasteiger partial charge in [0.15, 0.2) is 0 Å². The van der Waals surface area contributed by atoms with Gasteiger partial charge in [-0.05, 0) is 13.1 Å². The summed E-state index contributed by atoms with van der Waals surface area (Å²) in [7, 11) is 2.38. The molecule has 0 saturated carbocycles. The maximum Gasteiger partial charge on any atom is 0.108 e. The van der Waals surface area contributed by atoms with Crippen LogP contribution in [-0.2, 0) is 9.47 Å². The summed E-state index contributed by atoms with van der Waals surface area (Å²) in [6.07, 6.45) is 1.25. The number of nitrogens with zero attached hydrogens (tertiary/aromatic N) is 1. The zero-order chi connectivity index (χ0) is 10.5. The highest BCUT2D eigenvalue weighted by Gasteiger charge is 2.21. The van der Waals surface area contributed by atoms with Gasteiger partial charge in [0, 0.05) is 14.2 Å². The van der Waals surface area contributed by atoms with Crippen molar-refractivity contribution in [2.24, 2.45) is 0 Å². The van der Waals surface area contributed by atoms with Crippen LogP contribution >= 0.6 is 0 Å². The molecule has 1 atom stereocenters. The molecule has 13 heavy (non-hydrogen) atoms. The molecule has 0 aromatic heterocycles. The van der Waals surface area contributed by atoms with Gasteiger partial charge in [0.2, 0.25) is 0 Å². The average molecular weight is 205 g/mol. The van der Waals surface area contributed by atoms with Crippen LogP contribution in [0.2, 0.25) is 19.6 Å². The van der Waals surface area contributed by atoms with Crippen LogP contribution in [0.4, 0.5) is 0 Å². The molecule has 0 heterocycles. The third kappa shape index (κ3) is 6.21. The third-order valence-electron chi connectivity index (χ3n) is 1.83. The molecule has 0 aliphatic rings. The highest BCUT2D eigenvalue weighted by molar-refractivity contribution is 6.76. The van der Waals surface area contributed by atoms with Crippen molar-refractivity contribution in [3.8, 4) is 0 Å². The molecular formula is C9H23NO2Si. The first kappa shape index (κ1) is 13.1. The summed E-state index contributed by atoms with van der Waals surface area (Å²) in [4.78, 5) is 2.23. The van der Waals surface area contributed by atoms with Crippen LogP contribution in [0.1, 0.15) is 6.92 Å². The molecule has 4 heteroatoms. The first-order valence-corrected chi connectivity index (χ1v) is 8.37. The zero-order valence-electron chi connectivity index (χ0n) is 9.76. The summed E-state index contributed by atoms with van der Waals surface area (Å²) >= 11 is 0.